The van der Waals surface area contributed by atoms with Crippen molar-refractivity contribution >= 4 is 28.4 Å². The maximum atomic E-state index is 12.6. The molecule has 1 fully saturated rings. The summed E-state index contributed by atoms with van der Waals surface area (Å²) in [6.45, 7) is 0.472. The molecule has 0 saturated heterocycles. The second-order valence-electron chi connectivity index (χ2n) is 7.38. The van der Waals surface area contributed by atoms with Gasteiger partial charge in [0.05, 0.1) is 5.69 Å². The summed E-state index contributed by atoms with van der Waals surface area (Å²) in [5, 5.41) is 9.80. The second kappa shape index (κ2) is 8.82. The minimum atomic E-state index is -0.553. The number of hydrogen-bond acceptors (Lipinski definition) is 4. The zero-order valence-electron chi connectivity index (χ0n) is 16.2. The van der Waals surface area contributed by atoms with E-state index in [4.69, 9.17) is 4.42 Å². The van der Waals surface area contributed by atoms with Gasteiger partial charge in [-0.25, -0.2) is 9.59 Å². The summed E-state index contributed by atoms with van der Waals surface area (Å²) in [4.78, 5) is 25.1. The summed E-state index contributed by atoms with van der Waals surface area (Å²) >= 11 is 0. The van der Waals surface area contributed by atoms with E-state index in [1.807, 2.05) is 48.5 Å². The normalized spacial score (nSPS) is 14.1. The number of para-hydroxylation sites is 1. The Morgan fingerprint density at radius 2 is 1.69 bits per heavy atom. The van der Waals surface area contributed by atoms with Crippen LogP contribution in [0.3, 0.4) is 0 Å². The molecule has 29 heavy (non-hydrogen) atoms. The van der Waals surface area contributed by atoms with Crippen molar-refractivity contribution in [2.24, 2.45) is 0 Å². The fourth-order valence-corrected chi connectivity index (χ4v) is 3.81. The molecule has 0 unspecified atom stereocenters. The van der Waals surface area contributed by atoms with Crippen LogP contribution in [0, 0.1) is 0 Å². The van der Waals surface area contributed by atoms with Gasteiger partial charge in [0.25, 0.3) is 0 Å². The third-order valence-electron chi connectivity index (χ3n) is 5.30. The van der Waals surface area contributed by atoms with Crippen molar-refractivity contribution in [2.45, 2.75) is 38.1 Å². The molecule has 150 valence electrons. The van der Waals surface area contributed by atoms with Gasteiger partial charge in [-0.15, -0.1) is 0 Å². The molecule has 2 aromatic carbocycles. The van der Waals surface area contributed by atoms with Crippen LogP contribution in [0.25, 0.3) is 11.0 Å². The average Bonchev–Trinajstić information content (AvgIpc) is 3.24. The van der Waals surface area contributed by atoms with Gasteiger partial charge >= 0.3 is 11.7 Å². The molecule has 1 heterocycles. The van der Waals surface area contributed by atoms with E-state index in [0.717, 1.165) is 23.8 Å². The molecular formula is C23H25N3O3. The summed E-state index contributed by atoms with van der Waals surface area (Å²) in [5.41, 5.74) is 1.90. The molecule has 0 radical (unpaired) electrons. The van der Waals surface area contributed by atoms with Crippen molar-refractivity contribution in [3.8, 4) is 0 Å². The second-order valence-corrected chi connectivity index (χ2v) is 7.38. The standard InChI is InChI=1S/C23H25N3O3/c27-22-21(26-23(28)24-15-14-16-8-2-1-3-9-16)20(25-17-10-4-5-11-17)18-12-6-7-13-19(18)29-22/h1-3,6-9,12-13,17,25H,4-5,10-11,14-15H2,(H2,24,26,28). The number of nitrogens with one attached hydrogen (secondary N) is 3. The number of carbonyl (C=O) groups is 1. The monoisotopic (exact) mass is 391 g/mol. The van der Waals surface area contributed by atoms with E-state index in [1.54, 1.807) is 6.07 Å². The predicted octanol–water partition coefficient (Wildman–Crippen LogP) is 4.51. The molecule has 6 nitrogen and oxygen atoms in total. The Labute approximate surface area is 169 Å². The van der Waals surface area contributed by atoms with Gasteiger partial charge in [0.1, 0.15) is 5.58 Å². The highest BCUT2D eigenvalue weighted by atomic mass is 16.4. The number of carbonyl (C=O) groups excluding carboxylic acids is 1. The SMILES string of the molecule is O=C(NCCc1ccccc1)Nc1c(NC2CCCC2)c2ccccc2oc1=O. The molecule has 6 heteroatoms. The summed E-state index contributed by atoms with van der Waals surface area (Å²) < 4.78 is 5.43. The highest BCUT2D eigenvalue weighted by molar-refractivity contribution is 6.01. The first kappa shape index (κ1) is 19.1. The molecule has 3 aromatic rings. The number of hydrogen-bond donors (Lipinski definition) is 3. The van der Waals surface area contributed by atoms with Crippen molar-refractivity contribution in [1.29, 1.82) is 0 Å². The van der Waals surface area contributed by atoms with Crippen molar-refractivity contribution in [2.75, 3.05) is 17.2 Å². The van der Waals surface area contributed by atoms with Crippen molar-refractivity contribution < 1.29 is 9.21 Å². The lowest BCUT2D eigenvalue weighted by Crippen LogP contribution is -2.33. The number of benzene rings is 2. The smallest absolute Gasteiger partial charge is 0.362 e. The molecule has 1 aliphatic carbocycles. The summed E-state index contributed by atoms with van der Waals surface area (Å²) in [7, 11) is 0. The Hall–Kier alpha value is -3.28. The Bertz CT molecular complexity index is 1040. The largest absolute Gasteiger partial charge is 0.421 e. The fraction of sp³-hybridized carbons (Fsp3) is 0.304. The third kappa shape index (κ3) is 4.59. The van der Waals surface area contributed by atoms with Crippen molar-refractivity contribution in [1.82, 2.24) is 5.32 Å². The van der Waals surface area contributed by atoms with Gasteiger partial charge in [-0.1, -0.05) is 55.3 Å². The highest BCUT2D eigenvalue weighted by Gasteiger charge is 2.21. The molecule has 2 amide bonds. The lowest BCUT2D eigenvalue weighted by molar-refractivity contribution is 0.252. The Kier molecular flexibility index (Phi) is 5.79. The van der Waals surface area contributed by atoms with E-state index in [-0.39, 0.29) is 5.69 Å². The van der Waals surface area contributed by atoms with Crippen molar-refractivity contribution in [3.05, 3.63) is 70.6 Å². The van der Waals surface area contributed by atoms with Gasteiger partial charge in [-0.3, -0.25) is 5.32 Å². The minimum absolute atomic E-state index is 0.160. The molecule has 0 bridgehead atoms. The van der Waals surface area contributed by atoms with Crippen LogP contribution in [-0.4, -0.2) is 18.6 Å². The van der Waals surface area contributed by atoms with E-state index in [0.29, 0.717) is 30.3 Å². The topological polar surface area (TPSA) is 83.4 Å². The summed E-state index contributed by atoms with van der Waals surface area (Å²) in [6.07, 6.45) is 5.15. The lowest BCUT2D eigenvalue weighted by Gasteiger charge is -2.18. The molecule has 1 aliphatic rings. The maximum Gasteiger partial charge on any atom is 0.362 e. The van der Waals surface area contributed by atoms with Gasteiger partial charge in [0.15, 0.2) is 5.69 Å². The molecule has 0 spiro atoms. The van der Waals surface area contributed by atoms with Gasteiger partial charge < -0.3 is 15.1 Å². The van der Waals surface area contributed by atoms with Crippen LogP contribution in [0.1, 0.15) is 31.2 Å². The zero-order valence-corrected chi connectivity index (χ0v) is 16.2. The molecule has 4 rings (SSSR count). The van der Waals surface area contributed by atoms with Gasteiger partial charge in [-0.2, -0.15) is 0 Å². The van der Waals surface area contributed by atoms with E-state index < -0.39 is 11.7 Å². The lowest BCUT2D eigenvalue weighted by atomic mass is 10.1. The van der Waals surface area contributed by atoms with Gasteiger partial charge in [-0.05, 0) is 37.0 Å². The molecule has 1 aromatic heterocycles. The first-order valence-electron chi connectivity index (χ1n) is 10.1. The predicted molar refractivity (Wildman–Crippen MR) is 116 cm³/mol. The number of urea groups is 1. The van der Waals surface area contributed by atoms with E-state index in [1.165, 1.54) is 12.8 Å². The Morgan fingerprint density at radius 3 is 2.48 bits per heavy atom. The van der Waals surface area contributed by atoms with Crippen LogP contribution in [0.4, 0.5) is 16.2 Å². The molecular weight excluding hydrogens is 366 g/mol. The first-order chi connectivity index (χ1) is 14.2. The first-order valence-corrected chi connectivity index (χ1v) is 10.1. The number of fused-ring (bicyclic) bond motifs is 1. The maximum absolute atomic E-state index is 12.6. The number of amides is 2. The van der Waals surface area contributed by atoms with Crippen LogP contribution in [0.2, 0.25) is 0 Å². The summed E-state index contributed by atoms with van der Waals surface area (Å²) in [5.74, 6) is 0. The zero-order chi connectivity index (χ0) is 20.1. The van der Waals surface area contributed by atoms with E-state index in [2.05, 4.69) is 16.0 Å². The number of anilines is 2. The van der Waals surface area contributed by atoms with E-state index in [9.17, 15) is 9.59 Å². The Balaban J connectivity index is 1.52. The quantitative estimate of drug-likeness (QED) is 0.540. The van der Waals surface area contributed by atoms with E-state index >= 15 is 0 Å². The molecule has 3 N–H and O–H groups in total. The molecule has 1 saturated carbocycles. The Morgan fingerprint density at radius 1 is 0.966 bits per heavy atom. The van der Waals surface area contributed by atoms with Gasteiger partial charge in [0.2, 0.25) is 0 Å². The fourth-order valence-electron chi connectivity index (χ4n) is 3.81. The number of rotatable bonds is 6. The highest BCUT2D eigenvalue weighted by Crippen LogP contribution is 2.32. The van der Waals surface area contributed by atoms with Crippen molar-refractivity contribution in [3.63, 3.8) is 0 Å². The van der Waals surface area contributed by atoms with Crippen LogP contribution < -0.4 is 21.6 Å². The third-order valence-corrected chi connectivity index (χ3v) is 5.30. The van der Waals surface area contributed by atoms with Gasteiger partial charge in [0, 0.05) is 18.0 Å². The average molecular weight is 391 g/mol. The van der Waals surface area contributed by atoms with Crippen LogP contribution >= 0.6 is 0 Å². The van der Waals surface area contributed by atoms with Crippen LogP contribution in [0.15, 0.2) is 63.8 Å². The van der Waals surface area contributed by atoms with Crippen LogP contribution in [-0.2, 0) is 6.42 Å². The molecule has 0 atom stereocenters. The molecule has 0 aliphatic heterocycles. The van der Waals surface area contributed by atoms with Crippen LogP contribution in [0.5, 0.6) is 0 Å². The summed E-state index contributed by atoms with van der Waals surface area (Å²) in [6, 6.07) is 17.2. The minimum Gasteiger partial charge on any atom is -0.421 e.